The molecule has 70 valence electrons. The molecule has 1 nitrogen and oxygen atoms in total. The minimum absolute atomic E-state index is 0.743. The SMILES string of the molecule is CC(C)(O)/C=C/c1ccc(Br)cc1. The molecule has 0 saturated carbocycles. The van der Waals surface area contributed by atoms with E-state index < -0.39 is 5.60 Å². The van der Waals surface area contributed by atoms with E-state index in [9.17, 15) is 5.11 Å². The maximum atomic E-state index is 9.44. The van der Waals surface area contributed by atoms with Crippen LogP contribution in [0.3, 0.4) is 0 Å². The van der Waals surface area contributed by atoms with Crippen molar-refractivity contribution in [1.29, 1.82) is 0 Å². The van der Waals surface area contributed by atoms with Gasteiger partial charge in [0.1, 0.15) is 0 Å². The molecule has 13 heavy (non-hydrogen) atoms. The minimum atomic E-state index is -0.743. The summed E-state index contributed by atoms with van der Waals surface area (Å²) in [6.45, 7) is 3.50. The molecule has 0 bridgehead atoms. The molecule has 0 amide bonds. The van der Waals surface area contributed by atoms with Crippen LogP contribution in [0.2, 0.25) is 0 Å². The zero-order chi connectivity index (χ0) is 9.90. The van der Waals surface area contributed by atoms with E-state index in [1.165, 1.54) is 0 Å². The number of hydrogen-bond donors (Lipinski definition) is 1. The van der Waals surface area contributed by atoms with Gasteiger partial charge in [-0.05, 0) is 31.5 Å². The summed E-state index contributed by atoms with van der Waals surface area (Å²) in [6, 6.07) is 7.94. The fraction of sp³-hybridized carbons (Fsp3) is 0.273. The van der Waals surface area contributed by atoms with Gasteiger partial charge < -0.3 is 5.11 Å². The van der Waals surface area contributed by atoms with Crippen LogP contribution in [0.15, 0.2) is 34.8 Å². The molecular weight excluding hydrogens is 228 g/mol. The molecule has 1 rings (SSSR count). The third-order valence-corrected chi connectivity index (χ3v) is 2.08. The normalized spacial score (nSPS) is 12.3. The van der Waals surface area contributed by atoms with Gasteiger partial charge >= 0.3 is 0 Å². The summed E-state index contributed by atoms with van der Waals surface area (Å²) >= 11 is 3.36. The molecule has 0 spiro atoms. The monoisotopic (exact) mass is 240 g/mol. The van der Waals surface area contributed by atoms with Gasteiger partial charge in [-0.25, -0.2) is 0 Å². The van der Waals surface area contributed by atoms with Gasteiger partial charge in [-0.2, -0.15) is 0 Å². The highest BCUT2D eigenvalue weighted by Crippen LogP contribution is 2.13. The maximum Gasteiger partial charge on any atom is 0.0774 e. The molecule has 1 N–H and O–H groups in total. The average Bonchev–Trinajstić information content (AvgIpc) is 2.02. The summed E-state index contributed by atoms with van der Waals surface area (Å²) in [4.78, 5) is 0. The molecular formula is C11H13BrO. The van der Waals surface area contributed by atoms with E-state index >= 15 is 0 Å². The fourth-order valence-electron chi connectivity index (χ4n) is 0.874. The van der Waals surface area contributed by atoms with Crippen LogP contribution in [0.5, 0.6) is 0 Å². The summed E-state index contributed by atoms with van der Waals surface area (Å²) in [5, 5.41) is 9.44. The van der Waals surface area contributed by atoms with Crippen molar-refractivity contribution in [3.63, 3.8) is 0 Å². The van der Waals surface area contributed by atoms with Gasteiger partial charge in [0.25, 0.3) is 0 Å². The van der Waals surface area contributed by atoms with Crippen LogP contribution in [0.4, 0.5) is 0 Å². The quantitative estimate of drug-likeness (QED) is 0.842. The standard InChI is InChI=1S/C11H13BrO/c1-11(2,13)8-7-9-3-5-10(12)6-4-9/h3-8,13H,1-2H3/b8-7+. The first-order valence-corrected chi connectivity index (χ1v) is 4.94. The third kappa shape index (κ3) is 4.25. The van der Waals surface area contributed by atoms with Gasteiger partial charge in [0.2, 0.25) is 0 Å². The Balaban J connectivity index is 2.75. The van der Waals surface area contributed by atoms with Crippen molar-refractivity contribution in [1.82, 2.24) is 0 Å². The Labute approximate surface area is 87.2 Å². The second-order valence-electron chi connectivity index (χ2n) is 3.54. The van der Waals surface area contributed by atoms with Crippen LogP contribution in [0.25, 0.3) is 6.08 Å². The maximum absolute atomic E-state index is 9.44. The molecule has 0 fully saturated rings. The summed E-state index contributed by atoms with van der Waals surface area (Å²) in [6.07, 6.45) is 3.68. The van der Waals surface area contributed by atoms with E-state index in [1.54, 1.807) is 19.9 Å². The fourth-order valence-corrected chi connectivity index (χ4v) is 1.14. The van der Waals surface area contributed by atoms with E-state index in [2.05, 4.69) is 15.9 Å². The molecule has 0 aliphatic carbocycles. The van der Waals surface area contributed by atoms with Gasteiger partial charge in [-0.1, -0.05) is 40.2 Å². The van der Waals surface area contributed by atoms with Crippen LogP contribution in [-0.2, 0) is 0 Å². The Kier molecular flexibility index (Phi) is 3.28. The Bertz CT molecular complexity index is 293. The molecule has 0 atom stereocenters. The van der Waals surface area contributed by atoms with Crippen LogP contribution < -0.4 is 0 Å². The number of benzene rings is 1. The highest BCUT2D eigenvalue weighted by atomic mass is 79.9. The van der Waals surface area contributed by atoms with Crippen LogP contribution in [-0.4, -0.2) is 10.7 Å². The molecule has 2 heteroatoms. The highest BCUT2D eigenvalue weighted by Gasteiger charge is 2.05. The highest BCUT2D eigenvalue weighted by molar-refractivity contribution is 9.10. The number of rotatable bonds is 2. The molecule has 0 unspecified atom stereocenters. The van der Waals surface area contributed by atoms with Gasteiger partial charge in [0, 0.05) is 4.47 Å². The molecule has 0 saturated heterocycles. The molecule has 0 radical (unpaired) electrons. The van der Waals surface area contributed by atoms with Crippen molar-refractivity contribution < 1.29 is 5.11 Å². The van der Waals surface area contributed by atoms with Gasteiger partial charge in [0.15, 0.2) is 0 Å². The first kappa shape index (κ1) is 10.5. The predicted molar refractivity (Wildman–Crippen MR) is 59.5 cm³/mol. The lowest BCUT2D eigenvalue weighted by Gasteiger charge is -2.09. The van der Waals surface area contributed by atoms with E-state index in [0.29, 0.717) is 0 Å². The number of halogens is 1. The van der Waals surface area contributed by atoms with Crippen molar-refractivity contribution in [3.8, 4) is 0 Å². The summed E-state index contributed by atoms with van der Waals surface area (Å²) in [7, 11) is 0. The van der Waals surface area contributed by atoms with Crippen molar-refractivity contribution in [2.75, 3.05) is 0 Å². The Morgan fingerprint density at radius 1 is 1.23 bits per heavy atom. The topological polar surface area (TPSA) is 20.2 Å². The van der Waals surface area contributed by atoms with E-state index in [0.717, 1.165) is 10.0 Å². The second kappa shape index (κ2) is 4.07. The average molecular weight is 241 g/mol. The zero-order valence-electron chi connectivity index (χ0n) is 7.79. The van der Waals surface area contributed by atoms with Crippen molar-refractivity contribution in [3.05, 3.63) is 40.4 Å². The first-order valence-electron chi connectivity index (χ1n) is 4.14. The summed E-state index contributed by atoms with van der Waals surface area (Å²) in [5.74, 6) is 0. The molecule has 1 aromatic rings. The van der Waals surface area contributed by atoms with Crippen molar-refractivity contribution in [2.24, 2.45) is 0 Å². The lowest BCUT2D eigenvalue weighted by atomic mass is 10.1. The molecule has 0 heterocycles. The first-order chi connectivity index (χ1) is 5.97. The van der Waals surface area contributed by atoms with Crippen LogP contribution in [0.1, 0.15) is 19.4 Å². The Hall–Kier alpha value is -0.600. The number of aliphatic hydroxyl groups is 1. The van der Waals surface area contributed by atoms with E-state index in [1.807, 2.05) is 30.3 Å². The van der Waals surface area contributed by atoms with Crippen molar-refractivity contribution in [2.45, 2.75) is 19.4 Å². The zero-order valence-corrected chi connectivity index (χ0v) is 9.38. The van der Waals surface area contributed by atoms with E-state index in [4.69, 9.17) is 0 Å². The predicted octanol–water partition coefficient (Wildman–Crippen LogP) is 3.23. The molecule has 0 aliphatic rings. The van der Waals surface area contributed by atoms with Gasteiger partial charge in [-0.3, -0.25) is 0 Å². The lowest BCUT2D eigenvalue weighted by molar-refractivity contribution is 0.134. The molecule has 0 aliphatic heterocycles. The Morgan fingerprint density at radius 2 is 1.77 bits per heavy atom. The van der Waals surface area contributed by atoms with Gasteiger partial charge in [0.05, 0.1) is 5.60 Å². The minimum Gasteiger partial charge on any atom is -0.386 e. The Morgan fingerprint density at radius 3 is 2.23 bits per heavy atom. The van der Waals surface area contributed by atoms with E-state index in [-0.39, 0.29) is 0 Å². The van der Waals surface area contributed by atoms with Crippen LogP contribution in [0, 0.1) is 0 Å². The third-order valence-electron chi connectivity index (χ3n) is 1.55. The second-order valence-corrected chi connectivity index (χ2v) is 4.45. The smallest absolute Gasteiger partial charge is 0.0774 e. The van der Waals surface area contributed by atoms with Gasteiger partial charge in [-0.15, -0.1) is 0 Å². The largest absolute Gasteiger partial charge is 0.386 e. The molecule has 1 aromatic carbocycles. The summed E-state index contributed by atoms with van der Waals surface area (Å²) < 4.78 is 1.06. The van der Waals surface area contributed by atoms with Crippen molar-refractivity contribution >= 4 is 22.0 Å². The lowest BCUT2D eigenvalue weighted by Crippen LogP contribution is -2.13. The summed E-state index contributed by atoms with van der Waals surface area (Å²) in [5.41, 5.74) is 0.345. The number of hydrogen-bond acceptors (Lipinski definition) is 1. The van der Waals surface area contributed by atoms with Crippen LogP contribution >= 0.6 is 15.9 Å². The molecule has 0 aromatic heterocycles.